The molecular weight excluding hydrogens is 356 g/mol. The first kappa shape index (κ1) is 20.0. The van der Waals surface area contributed by atoms with Crippen LogP contribution in [-0.2, 0) is 32.1 Å². The molecule has 6 nitrogen and oxygen atoms in total. The van der Waals surface area contributed by atoms with Crippen LogP contribution in [-0.4, -0.2) is 49.2 Å². The van der Waals surface area contributed by atoms with Gasteiger partial charge in [-0.3, -0.25) is 9.59 Å². The van der Waals surface area contributed by atoms with E-state index >= 15 is 0 Å². The third kappa shape index (κ3) is 6.18. The van der Waals surface area contributed by atoms with Crippen molar-refractivity contribution in [1.82, 2.24) is 10.2 Å². The SMILES string of the molecule is O=C(Cc1ccccc1)NCCN1C(=O)CC1COCOCc1ccccc1. The molecule has 1 atom stereocenters. The summed E-state index contributed by atoms with van der Waals surface area (Å²) in [4.78, 5) is 25.5. The Kier molecular flexibility index (Phi) is 7.58. The zero-order valence-corrected chi connectivity index (χ0v) is 15.9. The lowest BCUT2D eigenvalue weighted by atomic mass is 10.0. The van der Waals surface area contributed by atoms with Crippen molar-refractivity contribution < 1.29 is 19.1 Å². The Bertz CT molecular complexity index is 752. The number of carbonyl (C=O) groups is 2. The average molecular weight is 382 g/mol. The molecule has 1 saturated heterocycles. The van der Waals surface area contributed by atoms with Gasteiger partial charge in [0.05, 0.1) is 25.7 Å². The molecule has 1 fully saturated rings. The molecule has 1 aliphatic rings. The van der Waals surface area contributed by atoms with E-state index in [9.17, 15) is 9.59 Å². The molecule has 0 bridgehead atoms. The minimum atomic E-state index is -0.0405. The molecule has 2 aromatic carbocycles. The molecule has 3 rings (SSSR count). The molecule has 0 radical (unpaired) electrons. The normalized spacial score (nSPS) is 15.9. The summed E-state index contributed by atoms with van der Waals surface area (Å²) in [6.45, 7) is 2.08. The van der Waals surface area contributed by atoms with E-state index in [4.69, 9.17) is 9.47 Å². The van der Waals surface area contributed by atoms with E-state index in [1.165, 1.54) is 0 Å². The van der Waals surface area contributed by atoms with Gasteiger partial charge in [-0.2, -0.15) is 0 Å². The molecule has 1 N–H and O–H groups in total. The standard InChI is InChI=1S/C22H26N2O4/c25-21(13-18-7-3-1-4-8-18)23-11-12-24-20(14-22(24)26)16-28-17-27-15-19-9-5-2-6-10-19/h1-10,20H,11-17H2,(H,23,25). The first-order chi connectivity index (χ1) is 13.7. The number of β-lactam (4-membered cyclic amide) rings is 1. The smallest absolute Gasteiger partial charge is 0.225 e. The molecule has 1 aliphatic heterocycles. The van der Waals surface area contributed by atoms with Crippen LogP contribution >= 0.6 is 0 Å². The van der Waals surface area contributed by atoms with Crippen LogP contribution in [0.4, 0.5) is 0 Å². The van der Waals surface area contributed by atoms with Gasteiger partial charge in [-0.05, 0) is 11.1 Å². The zero-order chi connectivity index (χ0) is 19.6. The van der Waals surface area contributed by atoms with E-state index in [1.54, 1.807) is 4.90 Å². The fraction of sp³-hybridized carbons (Fsp3) is 0.364. The van der Waals surface area contributed by atoms with Gasteiger partial charge in [0.25, 0.3) is 0 Å². The van der Waals surface area contributed by atoms with Crippen LogP contribution in [0.2, 0.25) is 0 Å². The summed E-state index contributed by atoms with van der Waals surface area (Å²) in [6.07, 6.45) is 0.830. The van der Waals surface area contributed by atoms with Crippen molar-refractivity contribution in [1.29, 1.82) is 0 Å². The highest BCUT2D eigenvalue weighted by Gasteiger charge is 2.35. The summed E-state index contributed by atoms with van der Waals surface area (Å²) >= 11 is 0. The molecule has 2 aromatic rings. The van der Waals surface area contributed by atoms with Crippen LogP contribution in [0.1, 0.15) is 17.5 Å². The summed E-state index contributed by atoms with van der Waals surface area (Å²) in [7, 11) is 0. The Hall–Kier alpha value is -2.70. The fourth-order valence-corrected chi connectivity index (χ4v) is 3.11. The number of likely N-dealkylation sites (tertiary alicyclic amines) is 1. The number of nitrogens with zero attached hydrogens (tertiary/aromatic N) is 1. The predicted molar refractivity (Wildman–Crippen MR) is 105 cm³/mol. The summed E-state index contributed by atoms with van der Waals surface area (Å²) in [6, 6.07) is 19.5. The highest BCUT2D eigenvalue weighted by Crippen LogP contribution is 2.18. The van der Waals surface area contributed by atoms with Crippen LogP contribution in [0.3, 0.4) is 0 Å². The number of amides is 2. The molecule has 0 aliphatic carbocycles. The number of hydrogen-bond acceptors (Lipinski definition) is 4. The van der Waals surface area contributed by atoms with Crippen molar-refractivity contribution in [3.63, 3.8) is 0 Å². The first-order valence-electron chi connectivity index (χ1n) is 9.52. The number of carbonyl (C=O) groups excluding carboxylic acids is 2. The van der Waals surface area contributed by atoms with Gasteiger partial charge in [-0.25, -0.2) is 0 Å². The van der Waals surface area contributed by atoms with E-state index < -0.39 is 0 Å². The van der Waals surface area contributed by atoms with Gasteiger partial charge >= 0.3 is 0 Å². The van der Waals surface area contributed by atoms with E-state index in [-0.39, 0.29) is 24.6 Å². The van der Waals surface area contributed by atoms with Crippen molar-refractivity contribution in [3.05, 3.63) is 71.8 Å². The fourth-order valence-electron chi connectivity index (χ4n) is 3.11. The van der Waals surface area contributed by atoms with E-state index in [1.807, 2.05) is 60.7 Å². The van der Waals surface area contributed by atoms with E-state index in [0.717, 1.165) is 11.1 Å². The summed E-state index contributed by atoms with van der Waals surface area (Å²) in [5, 5.41) is 2.87. The molecule has 1 unspecified atom stereocenters. The molecule has 1 heterocycles. The maximum absolute atomic E-state index is 12.0. The highest BCUT2D eigenvalue weighted by atomic mass is 16.7. The third-order valence-corrected chi connectivity index (χ3v) is 4.64. The molecule has 0 spiro atoms. The lowest BCUT2D eigenvalue weighted by Crippen LogP contribution is -2.56. The maximum atomic E-state index is 12.0. The van der Waals surface area contributed by atoms with Crippen LogP contribution in [0.5, 0.6) is 0 Å². The van der Waals surface area contributed by atoms with Gasteiger partial charge in [-0.15, -0.1) is 0 Å². The molecule has 0 aromatic heterocycles. The minimum absolute atomic E-state index is 0.0405. The van der Waals surface area contributed by atoms with Crippen molar-refractivity contribution >= 4 is 11.8 Å². The number of hydrogen-bond donors (Lipinski definition) is 1. The minimum Gasteiger partial charge on any atom is -0.354 e. The van der Waals surface area contributed by atoms with E-state index in [2.05, 4.69) is 5.32 Å². The number of rotatable bonds is 11. The lowest BCUT2D eigenvalue weighted by Gasteiger charge is -2.40. The second-order valence-corrected chi connectivity index (χ2v) is 6.78. The number of nitrogens with one attached hydrogen (secondary N) is 1. The Morgan fingerprint density at radius 3 is 2.36 bits per heavy atom. The van der Waals surface area contributed by atoms with Crippen molar-refractivity contribution in [2.75, 3.05) is 26.5 Å². The third-order valence-electron chi connectivity index (χ3n) is 4.64. The largest absolute Gasteiger partial charge is 0.354 e. The average Bonchev–Trinajstić information content (AvgIpc) is 2.71. The number of ether oxygens (including phenoxy) is 2. The van der Waals surface area contributed by atoms with Crippen LogP contribution in [0, 0.1) is 0 Å². The van der Waals surface area contributed by atoms with Gasteiger partial charge < -0.3 is 19.7 Å². The molecule has 148 valence electrons. The first-order valence-corrected chi connectivity index (χ1v) is 9.52. The zero-order valence-electron chi connectivity index (χ0n) is 15.9. The molecule has 28 heavy (non-hydrogen) atoms. The van der Waals surface area contributed by atoms with Gasteiger partial charge in [0.1, 0.15) is 6.79 Å². The Labute approximate surface area is 165 Å². The van der Waals surface area contributed by atoms with Crippen molar-refractivity contribution in [3.8, 4) is 0 Å². The second-order valence-electron chi connectivity index (χ2n) is 6.78. The van der Waals surface area contributed by atoms with Gasteiger partial charge in [0, 0.05) is 19.5 Å². The van der Waals surface area contributed by atoms with Gasteiger partial charge in [0.2, 0.25) is 11.8 Å². The monoisotopic (exact) mass is 382 g/mol. The molecular formula is C22H26N2O4. The molecule has 0 saturated carbocycles. The van der Waals surface area contributed by atoms with Gasteiger partial charge in [-0.1, -0.05) is 60.7 Å². The Balaban J connectivity index is 1.27. The van der Waals surface area contributed by atoms with E-state index in [0.29, 0.717) is 39.1 Å². The second kappa shape index (κ2) is 10.6. The highest BCUT2D eigenvalue weighted by molar-refractivity contribution is 5.83. The van der Waals surface area contributed by atoms with Crippen molar-refractivity contribution in [2.45, 2.75) is 25.5 Å². The van der Waals surface area contributed by atoms with Crippen molar-refractivity contribution in [2.24, 2.45) is 0 Å². The lowest BCUT2D eigenvalue weighted by molar-refractivity contribution is -0.153. The van der Waals surface area contributed by atoms with Gasteiger partial charge in [0.15, 0.2) is 0 Å². The van der Waals surface area contributed by atoms with Crippen LogP contribution < -0.4 is 5.32 Å². The molecule has 2 amide bonds. The van der Waals surface area contributed by atoms with Crippen LogP contribution in [0.15, 0.2) is 60.7 Å². The quantitative estimate of drug-likeness (QED) is 0.367. The topological polar surface area (TPSA) is 67.9 Å². The molecule has 6 heteroatoms. The Morgan fingerprint density at radius 2 is 1.68 bits per heavy atom. The van der Waals surface area contributed by atoms with Crippen LogP contribution in [0.25, 0.3) is 0 Å². The maximum Gasteiger partial charge on any atom is 0.225 e. The summed E-state index contributed by atoms with van der Waals surface area (Å²) in [5.74, 6) is 0.0531. The summed E-state index contributed by atoms with van der Waals surface area (Å²) in [5.41, 5.74) is 2.07. The summed E-state index contributed by atoms with van der Waals surface area (Å²) < 4.78 is 11.0. The predicted octanol–water partition coefficient (Wildman–Crippen LogP) is 2.14. The Morgan fingerprint density at radius 1 is 1.00 bits per heavy atom. The number of benzene rings is 2.